The van der Waals surface area contributed by atoms with Crippen molar-refractivity contribution in [2.24, 2.45) is 0 Å². The van der Waals surface area contributed by atoms with Crippen molar-refractivity contribution in [3.63, 3.8) is 0 Å². The van der Waals surface area contributed by atoms with Gasteiger partial charge in [0.05, 0.1) is 0 Å². The van der Waals surface area contributed by atoms with Crippen LogP contribution in [0.3, 0.4) is 0 Å². The van der Waals surface area contributed by atoms with E-state index in [-0.39, 0.29) is 17.9 Å². The van der Waals surface area contributed by atoms with Crippen LogP contribution in [-0.2, 0) is 14.4 Å². The Morgan fingerprint density at radius 3 is 1.14 bits per heavy atom. The van der Waals surface area contributed by atoms with Gasteiger partial charge in [0.1, 0.15) is 5.75 Å². The van der Waals surface area contributed by atoms with E-state index in [2.05, 4.69) is 121 Å². The third kappa shape index (κ3) is 21.1. The number of carbonyl (C=O) groups excluding carboxylic acids is 3. The predicted molar refractivity (Wildman–Crippen MR) is 303 cm³/mol. The first-order chi connectivity index (χ1) is 34.8. The summed E-state index contributed by atoms with van der Waals surface area (Å²) in [5.41, 5.74) is 6.42. The second-order valence-corrected chi connectivity index (χ2v) is 21.4. The van der Waals surface area contributed by atoms with Crippen LogP contribution < -0.4 is 14.2 Å². The van der Waals surface area contributed by atoms with E-state index in [1.807, 2.05) is 68.4 Å². The first kappa shape index (κ1) is 59.3. The Hall–Kier alpha value is -5.22. The van der Waals surface area contributed by atoms with Gasteiger partial charge in [-0.15, -0.1) is 0 Å². The molecule has 0 aliphatic rings. The van der Waals surface area contributed by atoms with Gasteiger partial charge in [0.15, 0.2) is 11.5 Å². The molecule has 0 N–H and O–H groups in total. The van der Waals surface area contributed by atoms with Crippen molar-refractivity contribution in [3.05, 3.63) is 161 Å². The van der Waals surface area contributed by atoms with Crippen LogP contribution in [0.2, 0.25) is 0 Å². The van der Waals surface area contributed by atoms with Crippen LogP contribution in [0.4, 0.5) is 0 Å². The normalized spacial score (nSPS) is 10.6. The lowest BCUT2D eigenvalue weighted by Crippen LogP contribution is -2.15. The topological polar surface area (TPSA) is 78.9 Å². The zero-order chi connectivity index (χ0) is 52.1. The second kappa shape index (κ2) is 33.5. The van der Waals surface area contributed by atoms with Crippen LogP contribution in [0, 0.1) is 41.5 Å². The molecule has 6 rings (SSSR count). The first-order valence-electron chi connectivity index (χ1n) is 26.0. The summed E-state index contributed by atoms with van der Waals surface area (Å²) in [6, 6.07) is 43.0. The number of esters is 3. The summed E-state index contributed by atoms with van der Waals surface area (Å²) in [6.07, 6.45) is 13.6. The Balaban J connectivity index is 0.000000267. The fraction of sp³-hybridized carbons (Fsp3) is 0.381. The van der Waals surface area contributed by atoms with Crippen molar-refractivity contribution < 1.29 is 28.6 Å². The van der Waals surface area contributed by atoms with Gasteiger partial charge in [0, 0.05) is 54.2 Å². The zero-order valence-electron chi connectivity index (χ0n) is 44.4. The smallest absolute Gasteiger partial charge is 0.311 e. The van der Waals surface area contributed by atoms with Crippen molar-refractivity contribution in [3.8, 4) is 17.2 Å². The van der Waals surface area contributed by atoms with Gasteiger partial charge in [-0.05, 0) is 149 Å². The molecule has 0 saturated heterocycles. The summed E-state index contributed by atoms with van der Waals surface area (Å²) in [7, 11) is 0. The summed E-state index contributed by atoms with van der Waals surface area (Å²) in [5, 5.41) is 0. The molecule has 0 spiro atoms. The molecule has 6 aromatic rings. The van der Waals surface area contributed by atoms with Crippen molar-refractivity contribution in [1.29, 1.82) is 0 Å². The first-order valence-corrected chi connectivity index (χ1v) is 28.4. The molecule has 0 amide bonds. The van der Waals surface area contributed by atoms with E-state index >= 15 is 0 Å². The Kier molecular flexibility index (Phi) is 27.6. The Morgan fingerprint density at radius 2 is 0.722 bits per heavy atom. The minimum Gasteiger partial charge on any atom is -0.427 e. The maximum absolute atomic E-state index is 12.9. The van der Waals surface area contributed by atoms with E-state index in [0.29, 0.717) is 36.5 Å². The maximum Gasteiger partial charge on any atom is 0.311 e. The second-order valence-electron chi connectivity index (χ2n) is 18.1. The molecule has 384 valence electrons. The number of benzene rings is 6. The van der Waals surface area contributed by atoms with Gasteiger partial charge in [0.2, 0.25) is 0 Å². The van der Waals surface area contributed by atoms with E-state index in [9.17, 15) is 14.4 Å². The minimum atomic E-state index is -0.276. The lowest BCUT2D eigenvalue weighted by Gasteiger charge is -2.22. The summed E-state index contributed by atoms with van der Waals surface area (Å²) in [4.78, 5) is 44.5. The molecule has 0 heterocycles. The molecule has 0 radical (unpaired) electrons. The van der Waals surface area contributed by atoms with E-state index in [1.54, 1.807) is 35.3 Å². The summed E-state index contributed by atoms with van der Waals surface area (Å²) in [6.45, 7) is 18.8. The van der Waals surface area contributed by atoms with Crippen LogP contribution >= 0.6 is 35.3 Å². The van der Waals surface area contributed by atoms with Crippen molar-refractivity contribution in [2.45, 2.75) is 188 Å². The van der Waals surface area contributed by atoms with Crippen LogP contribution in [0.25, 0.3) is 0 Å². The molecule has 0 saturated carbocycles. The Bertz CT molecular complexity index is 2510. The average Bonchev–Trinajstić information content (AvgIpc) is 3.39. The van der Waals surface area contributed by atoms with Gasteiger partial charge in [-0.3, -0.25) is 14.4 Å². The largest absolute Gasteiger partial charge is 0.427 e. The van der Waals surface area contributed by atoms with Crippen LogP contribution in [0.5, 0.6) is 17.2 Å². The fourth-order valence-corrected chi connectivity index (χ4v) is 10.6. The highest BCUT2D eigenvalue weighted by atomic mass is 32.2. The fourth-order valence-electron chi connectivity index (χ4n) is 7.56. The molecular formula is C63H78O6S3. The molecule has 0 aromatic heterocycles. The number of aryl methyl sites for hydroxylation is 2. The summed E-state index contributed by atoms with van der Waals surface area (Å²) >= 11 is 5.18. The molecule has 0 unspecified atom stereocenters. The molecular weight excluding hydrogens is 949 g/mol. The highest BCUT2D eigenvalue weighted by molar-refractivity contribution is 8.00. The van der Waals surface area contributed by atoms with Gasteiger partial charge < -0.3 is 14.2 Å². The van der Waals surface area contributed by atoms with E-state index in [0.717, 1.165) is 90.7 Å². The SMILES string of the molecule is CCCCCCC(=O)Oc1c(C)c(C)c(Sc2c(C)ccc(C)c2C)c(C)c1OC(=O)CCCCCC.CCCCCCC(=O)Oc1ccc(Sc2ccccc2)cc1.c1ccc(Sc2ccccc2)cc1. The number of hydrogen-bond acceptors (Lipinski definition) is 9. The highest BCUT2D eigenvalue weighted by Gasteiger charge is 2.25. The van der Waals surface area contributed by atoms with Crippen molar-refractivity contribution in [1.82, 2.24) is 0 Å². The highest BCUT2D eigenvalue weighted by Crippen LogP contribution is 2.47. The van der Waals surface area contributed by atoms with Crippen LogP contribution in [0.15, 0.2) is 157 Å². The molecule has 0 fully saturated rings. The monoisotopic (exact) mass is 1030 g/mol. The average molecular weight is 1030 g/mol. The van der Waals surface area contributed by atoms with Crippen LogP contribution in [-0.4, -0.2) is 17.9 Å². The van der Waals surface area contributed by atoms with Crippen molar-refractivity contribution in [2.75, 3.05) is 0 Å². The summed E-state index contributed by atoms with van der Waals surface area (Å²) < 4.78 is 17.2. The lowest BCUT2D eigenvalue weighted by atomic mass is 10.0. The lowest BCUT2D eigenvalue weighted by molar-refractivity contribution is -0.137. The quantitative estimate of drug-likeness (QED) is 0.0335. The third-order valence-electron chi connectivity index (χ3n) is 12.1. The van der Waals surface area contributed by atoms with Gasteiger partial charge in [-0.2, -0.15) is 0 Å². The number of rotatable bonds is 24. The van der Waals surface area contributed by atoms with Gasteiger partial charge in [-0.1, -0.05) is 181 Å². The third-order valence-corrected chi connectivity index (χ3v) is 15.8. The molecule has 72 heavy (non-hydrogen) atoms. The van der Waals surface area contributed by atoms with Gasteiger partial charge in [0.25, 0.3) is 0 Å². The zero-order valence-corrected chi connectivity index (χ0v) is 46.9. The van der Waals surface area contributed by atoms with E-state index < -0.39 is 0 Å². The molecule has 6 aromatic carbocycles. The Morgan fingerprint density at radius 1 is 0.347 bits per heavy atom. The standard InChI is InChI=1S/C32H46O4S.C19H22O2S.C12H10S/c1-9-11-13-15-17-27(33)35-29-24(6)25(7)32(37-31-22(4)20-19-21(3)23(31)5)26(8)30(29)36-28(34)18-16-14-12-10-2;1-2-3-4-8-11-19(20)21-16-12-14-18(15-13-16)22-17-9-6-5-7-10-17;1-3-7-11(8-4-1)13-12-9-5-2-6-10-12/h19-20H,9-18H2,1-8H3;5-7,9-10,12-15H,2-4,8,11H2,1H3;1-10H. The minimum absolute atomic E-state index is 0.139. The molecule has 0 aliphatic carbocycles. The van der Waals surface area contributed by atoms with E-state index in [4.69, 9.17) is 14.2 Å². The maximum atomic E-state index is 12.9. The molecule has 0 aliphatic heterocycles. The molecule has 0 bridgehead atoms. The van der Waals surface area contributed by atoms with Crippen molar-refractivity contribution >= 4 is 53.2 Å². The molecule has 0 atom stereocenters. The summed E-state index contributed by atoms with van der Waals surface area (Å²) in [5.74, 6) is 0.707. The number of unbranched alkanes of at least 4 members (excludes halogenated alkanes) is 9. The van der Waals surface area contributed by atoms with Crippen LogP contribution in [0.1, 0.15) is 150 Å². The van der Waals surface area contributed by atoms with E-state index in [1.165, 1.54) is 49.1 Å². The van der Waals surface area contributed by atoms with Gasteiger partial charge in [-0.25, -0.2) is 0 Å². The van der Waals surface area contributed by atoms with Gasteiger partial charge >= 0.3 is 17.9 Å². The molecule has 9 heteroatoms. The number of ether oxygens (including phenoxy) is 3. The molecule has 6 nitrogen and oxygen atoms in total. The Labute approximate surface area is 445 Å². The predicted octanol–water partition coefficient (Wildman–Crippen LogP) is 19.0. The number of hydrogen-bond donors (Lipinski definition) is 0. The number of carbonyl (C=O) groups is 3.